The van der Waals surface area contributed by atoms with Crippen LogP contribution in [0, 0.1) is 11.8 Å². The maximum absolute atomic E-state index is 12.3. The number of amides is 1. The number of nitrogens with zero attached hydrogens (tertiary/aromatic N) is 2. The second-order valence-electron chi connectivity index (χ2n) is 7.47. The van der Waals surface area contributed by atoms with E-state index in [0.717, 1.165) is 32.2 Å². The Labute approximate surface area is 155 Å². The van der Waals surface area contributed by atoms with Crippen molar-refractivity contribution in [2.24, 2.45) is 16.2 Å². The van der Waals surface area contributed by atoms with Gasteiger partial charge in [-0.15, -0.1) is 4.40 Å². The average Bonchev–Trinajstić information content (AvgIpc) is 2.90. The summed E-state index contributed by atoms with van der Waals surface area (Å²) in [5.41, 5.74) is 0.670. The molecule has 0 aromatic heterocycles. The van der Waals surface area contributed by atoms with Gasteiger partial charge in [0.2, 0.25) is 5.91 Å². The highest BCUT2D eigenvalue weighted by atomic mass is 32.2. The number of benzene rings is 1. The zero-order valence-corrected chi connectivity index (χ0v) is 16.3. The molecule has 0 aliphatic carbocycles. The average molecular weight is 378 g/mol. The summed E-state index contributed by atoms with van der Waals surface area (Å²) in [4.78, 5) is 14.6. The van der Waals surface area contributed by atoms with E-state index in [-0.39, 0.29) is 16.7 Å². The van der Waals surface area contributed by atoms with Crippen molar-refractivity contribution < 1.29 is 13.2 Å². The van der Waals surface area contributed by atoms with E-state index < -0.39 is 10.0 Å². The van der Waals surface area contributed by atoms with Gasteiger partial charge in [-0.3, -0.25) is 4.79 Å². The Balaban J connectivity index is 1.56. The molecule has 1 saturated heterocycles. The molecule has 3 rings (SSSR count). The summed E-state index contributed by atoms with van der Waals surface area (Å²) in [5, 5.41) is 3.04. The lowest BCUT2D eigenvalue weighted by Gasteiger charge is -2.32. The second-order valence-corrected chi connectivity index (χ2v) is 9.05. The number of nitrogens with one attached hydrogen (secondary N) is 1. The van der Waals surface area contributed by atoms with Crippen molar-refractivity contribution in [3.8, 4) is 0 Å². The first-order valence-electron chi connectivity index (χ1n) is 9.35. The third-order valence-electron chi connectivity index (χ3n) is 5.04. The van der Waals surface area contributed by atoms with Gasteiger partial charge in [0.25, 0.3) is 10.0 Å². The molecule has 1 aromatic rings. The molecule has 26 heavy (non-hydrogen) atoms. The highest BCUT2D eigenvalue weighted by molar-refractivity contribution is 7.90. The molecular weight excluding hydrogens is 350 g/mol. The van der Waals surface area contributed by atoms with Gasteiger partial charge in [-0.1, -0.05) is 26.0 Å². The fraction of sp³-hybridized carbons (Fsp3) is 0.579. The number of amidine groups is 1. The zero-order valence-electron chi connectivity index (χ0n) is 15.4. The van der Waals surface area contributed by atoms with Gasteiger partial charge < -0.3 is 10.2 Å². The number of likely N-dealkylation sites (tertiary alicyclic amines) is 1. The number of piperidine rings is 1. The van der Waals surface area contributed by atoms with Crippen LogP contribution in [0.5, 0.6) is 0 Å². The molecule has 2 aliphatic heterocycles. The Bertz CT molecular complexity index is 794. The Morgan fingerprint density at radius 3 is 2.65 bits per heavy atom. The molecule has 1 amide bonds. The summed E-state index contributed by atoms with van der Waals surface area (Å²) in [7, 11) is -3.59. The molecule has 0 radical (unpaired) electrons. The normalized spacial score (nSPS) is 19.3. The number of carbonyl (C=O) groups is 1. The highest BCUT2D eigenvalue weighted by Gasteiger charge is 2.34. The number of hydrogen-bond acceptors (Lipinski definition) is 4. The Morgan fingerprint density at radius 2 is 1.96 bits per heavy atom. The minimum Gasteiger partial charge on any atom is -0.356 e. The van der Waals surface area contributed by atoms with E-state index >= 15 is 0 Å². The zero-order chi connectivity index (χ0) is 18.7. The topological polar surface area (TPSA) is 78.8 Å². The minimum atomic E-state index is -3.59. The van der Waals surface area contributed by atoms with E-state index in [9.17, 15) is 13.2 Å². The summed E-state index contributed by atoms with van der Waals surface area (Å²) in [6.45, 7) is 6.39. The van der Waals surface area contributed by atoms with Gasteiger partial charge >= 0.3 is 0 Å². The van der Waals surface area contributed by atoms with E-state index in [4.69, 9.17) is 0 Å². The van der Waals surface area contributed by atoms with Crippen molar-refractivity contribution in [2.75, 3.05) is 19.6 Å². The van der Waals surface area contributed by atoms with E-state index in [1.807, 2.05) is 11.0 Å². The van der Waals surface area contributed by atoms with Crippen LogP contribution in [0.25, 0.3) is 0 Å². The quantitative estimate of drug-likeness (QED) is 0.799. The van der Waals surface area contributed by atoms with Gasteiger partial charge in [-0.05, 0) is 43.7 Å². The molecule has 142 valence electrons. The van der Waals surface area contributed by atoms with Gasteiger partial charge in [0.15, 0.2) is 5.84 Å². The summed E-state index contributed by atoms with van der Waals surface area (Å²) in [6.07, 6.45) is 3.56. The SMILES string of the molecule is CC(C)CCCNC(=O)C1CCN(C2=NS(=O)(=O)c3ccccc32)CC1. The van der Waals surface area contributed by atoms with Gasteiger partial charge in [0.1, 0.15) is 4.90 Å². The minimum absolute atomic E-state index is 0.000783. The summed E-state index contributed by atoms with van der Waals surface area (Å²) < 4.78 is 28.4. The van der Waals surface area contributed by atoms with Crippen LogP contribution in [0.2, 0.25) is 0 Å². The molecule has 1 N–H and O–H groups in total. The summed E-state index contributed by atoms with van der Waals surface area (Å²) in [5.74, 6) is 1.30. The largest absolute Gasteiger partial charge is 0.356 e. The predicted molar refractivity (Wildman–Crippen MR) is 102 cm³/mol. The van der Waals surface area contributed by atoms with Crippen LogP contribution in [-0.4, -0.2) is 44.7 Å². The first-order valence-corrected chi connectivity index (χ1v) is 10.8. The van der Waals surface area contributed by atoms with Gasteiger partial charge in [0.05, 0.1) is 0 Å². The van der Waals surface area contributed by atoms with Crippen molar-refractivity contribution in [1.29, 1.82) is 0 Å². The summed E-state index contributed by atoms with van der Waals surface area (Å²) >= 11 is 0. The van der Waals surface area contributed by atoms with Crippen molar-refractivity contribution in [3.63, 3.8) is 0 Å². The number of sulfonamides is 1. The van der Waals surface area contributed by atoms with E-state index in [1.54, 1.807) is 18.2 Å². The lowest BCUT2D eigenvalue weighted by molar-refractivity contribution is -0.126. The Kier molecular flexibility index (Phi) is 5.65. The lowest BCUT2D eigenvalue weighted by atomic mass is 9.95. The van der Waals surface area contributed by atoms with Crippen molar-refractivity contribution in [1.82, 2.24) is 10.2 Å². The monoisotopic (exact) mass is 377 g/mol. The molecule has 2 aliphatic rings. The number of rotatable bonds is 5. The first-order chi connectivity index (χ1) is 12.4. The Hall–Kier alpha value is -1.89. The van der Waals surface area contributed by atoms with Crippen molar-refractivity contribution in [3.05, 3.63) is 29.8 Å². The molecule has 1 fully saturated rings. The standard InChI is InChI=1S/C19H27N3O3S/c1-14(2)6-5-11-20-19(23)15-9-12-22(13-10-15)18-16-7-3-4-8-17(16)26(24,25)21-18/h3-4,7-8,14-15H,5-6,9-13H2,1-2H3,(H,20,23). The van der Waals surface area contributed by atoms with Crippen LogP contribution in [-0.2, 0) is 14.8 Å². The fourth-order valence-corrected chi connectivity index (χ4v) is 4.76. The smallest absolute Gasteiger partial charge is 0.285 e. The van der Waals surface area contributed by atoms with Crippen LogP contribution in [0.4, 0.5) is 0 Å². The first kappa shape index (κ1) is 18.9. The van der Waals surface area contributed by atoms with Crippen molar-refractivity contribution >= 4 is 21.8 Å². The maximum Gasteiger partial charge on any atom is 0.285 e. The number of fused-ring (bicyclic) bond motifs is 1. The number of carbonyl (C=O) groups excluding carboxylic acids is 1. The lowest BCUT2D eigenvalue weighted by Crippen LogP contribution is -2.43. The Morgan fingerprint density at radius 1 is 1.27 bits per heavy atom. The molecule has 0 bridgehead atoms. The molecule has 0 spiro atoms. The maximum atomic E-state index is 12.3. The van der Waals surface area contributed by atoms with Crippen LogP contribution >= 0.6 is 0 Å². The molecule has 2 heterocycles. The molecule has 6 nitrogen and oxygen atoms in total. The van der Waals surface area contributed by atoms with Crippen molar-refractivity contribution in [2.45, 2.75) is 44.4 Å². The van der Waals surface area contributed by atoms with E-state index in [0.29, 0.717) is 30.4 Å². The van der Waals surface area contributed by atoms with Crippen LogP contribution in [0.1, 0.15) is 45.1 Å². The predicted octanol–water partition coefficient (Wildman–Crippen LogP) is 2.40. The van der Waals surface area contributed by atoms with Crippen LogP contribution in [0.15, 0.2) is 33.6 Å². The van der Waals surface area contributed by atoms with Gasteiger partial charge in [-0.25, -0.2) is 0 Å². The summed E-state index contributed by atoms with van der Waals surface area (Å²) in [6, 6.07) is 6.93. The molecule has 0 saturated carbocycles. The van der Waals surface area contributed by atoms with Crippen LogP contribution < -0.4 is 5.32 Å². The fourth-order valence-electron chi connectivity index (χ4n) is 3.54. The highest BCUT2D eigenvalue weighted by Crippen LogP contribution is 2.29. The molecular formula is C19H27N3O3S. The second kappa shape index (κ2) is 7.78. The molecule has 1 aromatic carbocycles. The van der Waals surface area contributed by atoms with E-state index in [1.165, 1.54) is 0 Å². The van der Waals surface area contributed by atoms with Crippen LogP contribution in [0.3, 0.4) is 0 Å². The third kappa shape index (κ3) is 4.09. The van der Waals surface area contributed by atoms with Gasteiger partial charge in [0, 0.05) is 31.1 Å². The molecule has 7 heteroatoms. The third-order valence-corrected chi connectivity index (χ3v) is 6.36. The molecule has 0 atom stereocenters. The van der Waals surface area contributed by atoms with Gasteiger partial charge in [-0.2, -0.15) is 8.42 Å². The van der Waals surface area contributed by atoms with E-state index in [2.05, 4.69) is 23.6 Å². The number of hydrogen-bond donors (Lipinski definition) is 1. The molecule has 0 unspecified atom stereocenters.